The summed E-state index contributed by atoms with van der Waals surface area (Å²) in [4.78, 5) is 30.3. The summed E-state index contributed by atoms with van der Waals surface area (Å²) in [5.74, 6) is 0.0384. The Kier molecular flexibility index (Phi) is 9.39. The molecule has 2 saturated heterocycles. The number of hydrogen-bond acceptors (Lipinski definition) is 3. The van der Waals surface area contributed by atoms with Gasteiger partial charge in [-0.05, 0) is 53.5 Å². The van der Waals surface area contributed by atoms with Crippen LogP contribution in [0.25, 0.3) is 0 Å². The molecule has 236 valence electrons. The van der Waals surface area contributed by atoms with E-state index >= 15 is 0 Å². The zero-order valence-corrected chi connectivity index (χ0v) is 24.5. The fraction of sp³-hybridized carbons (Fsp3) is 0.548. The van der Waals surface area contributed by atoms with Crippen molar-refractivity contribution in [1.29, 1.82) is 0 Å². The molecule has 0 spiro atoms. The quantitative estimate of drug-likeness (QED) is 0.390. The summed E-state index contributed by atoms with van der Waals surface area (Å²) >= 11 is 0. The van der Waals surface area contributed by atoms with Crippen molar-refractivity contribution in [1.82, 2.24) is 14.7 Å². The Labute approximate surface area is 247 Å². The van der Waals surface area contributed by atoms with Gasteiger partial charge in [0, 0.05) is 45.2 Å². The Morgan fingerprint density at radius 2 is 1.40 bits per heavy atom. The van der Waals surface area contributed by atoms with Gasteiger partial charge in [-0.3, -0.25) is 9.69 Å². The first kappa shape index (κ1) is 32.6. The van der Waals surface area contributed by atoms with Gasteiger partial charge in [0.05, 0.1) is 17.2 Å². The maximum absolute atomic E-state index is 13.8. The number of primary amides is 1. The minimum atomic E-state index is -4.97. The number of piperazine rings is 1. The minimum Gasteiger partial charge on any atom is -0.351 e. The molecular formula is C31H38F6N4O2. The maximum Gasteiger partial charge on any atom is 0.416 e. The molecule has 2 aliphatic heterocycles. The van der Waals surface area contributed by atoms with Gasteiger partial charge in [0.15, 0.2) is 0 Å². The first-order valence-corrected chi connectivity index (χ1v) is 14.4. The second kappa shape index (κ2) is 12.4. The highest BCUT2D eigenvalue weighted by atomic mass is 19.4. The molecule has 0 radical (unpaired) electrons. The van der Waals surface area contributed by atoms with Crippen molar-refractivity contribution in [3.8, 4) is 0 Å². The third kappa shape index (κ3) is 7.82. The summed E-state index contributed by atoms with van der Waals surface area (Å²) in [5.41, 5.74) is 2.67. The summed E-state index contributed by atoms with van der Waals surface area (Å²) < 4.78 is 82.8. The van der Waals surface area contributed by atoms with E-state index in [1.54, 1.807) is 35.2 Å². The van der Waals surface area contributed by atoms with Crippen LogP contribution in [0.4, 0.5) is 31.1 Å². The zero-order chi connectivity index (χ0) is 31.7. The molecule has 2 atom stereocenters. The highest BCUT2D eigenvalue weighted by molar-refractivity contribution is 5.77. The lowest BCUT2D eigenvalue weighted by Crippen LogP contribution is -2.60. The van der Waals surface area contributed by atoms with Crippen LogP contribution in [0.2, 0.25) is 0 Å². The summed E-state index contributed by atoms with van der Waals surface area (Å²) in [6, 6.07) is 8.54. The van der Waals surface area contributed by atoms with Crippen LogP contribution < -0.4 is 5.73 Å². The molecule has 1 unspecified atom stereocenters. The SMILES string of the molecule is CC(C)(C)[C@H]1CN(C(c2ccccc2)c2cc(C(F)(F)F)cc(C(F)(F)F)c2)CCN1C(=O)CC1CCN(C(N)=O)CC1. The summed E-state index contributed by atoms with van der Waals surface area (Å²) in [7, 11) is 0. The van der Waals surface area contributed by atoms with Crippen molar-refractivity contribution in [3.05, 3.63) is 70.8 Å². The van der Waals surface area contributed by atoms with Gasteiger partial charge in [-0.2, -0.15) is 26.3 Å². The Morgan fingerprint density at radius 3 is 1.88 bits per heavy atom. The third-order valence-corrected chi connectivity index (χ3v) is 8.53. The number of rotatable bonds is 5. The minimum absolute atomic E-state index is 0.0493. The molecular weight excluding hydrogens is 574 g/mol. The Bertz CT molecular complexity index is 1250. The van der Waals surface area contributed by atoms with E-state index in [0.29, 0.717) is 37.9 Å². The van der Waals surface area contributed by atoms with Crippen LogP contribution >= 0.6 is 0 Å². The predicted octanol–water partition coefficient (Wildman–Crippen LogP) is 6.55. The van der Waals surface area contributed by atoms with Gasteiger partial charge < -0.3 is 15.5 Å². The molecule has 6 nitrogen and oxygen atoms in total. The van der Waals surface area contributed by atoms with Crippen LogP contribution in [0.3, 0.4) is 0 Å². The number of carbonyl (C=O) groups is 2. The van der Waals surface area contributed by atoms with Gasteiger partial charge in [-0.15, -0.1) is 0 Å². The van der Waals surface area contributed by atoms with E-state index in [1.807, 2.05) is 30.6 Å². The van der Waals surface area contributed by atoms with E-state index < -0.39 is 41.0 Å². The number of likely N-dealkylation sites (tertiary alicyclic amines) is 1. The van der Waals surface area contributed by atoms with Crippen LogP contribution in [0, 0.1) is 11.3 Å². The van der Waals surface area contributed by atoms with Gasteiger partial charge in [-0.25, -0.2) is 4.79 Å². The molecule has 0 bridgehead atoms. The number of amides is 3. The smallest absolute Gasteiger partial charge is 0.351 e. The molecule has 2 aromatic carbocycles. The van der Waals surface area contributed by atoms with Gasteiger partial charge in [0.25, 0.3) is 0 Å². The fourth-order valence-electron chi connectivity index (χ4n) is 6.19. The molecule has 43 heavy (non-hydrogen) atoms. The maximum atomic E-state index is 13.8. The number of halogens is 6. The first-order chi connectivity index (χ1) is 19.9. The van der Waals surface area contributed by atoms with Crippen LogP contribution in [0.15, 0.2) is 48.5 Å². The third-order valence-electron chi connectivity index (χ3n) is 8.53. The van der Waals surface area contributed by atoms with E-state index in [0.717, 1.165) is 12.1 Å². The molecule has 2 aliphatic rings. The monoisotopic (exact) mass is 612 g/mol. The first-order valence-electron chi connectivity index (χ1n) is 14.4. The van der Waals surface area contributed by atoms with Crippen molar-refractivity contribution < 1.29 is 35.9 Å². The number of alkyl halides is 6. The van der Waals surface area contributed by atoms with Crippen molar-refractivity contribution in [2.45, 2.75) is 64.5 Å². The van der Waals surface area contributed by atoms with Gasteiger partial charge in [0.2, 0.25) is 5.91 Å². The molecule has 3 amide bonds. The second-order valence-corrected chi connectivity index (χ2v) is 12.6. The standard InChI is InChI=1S/C31H38F6N4O2/c1-29(2,3)25-19-40(13-14-41(25)26(42)15-20-9-11-39(12-10-20)28(38)43)27(21-7-5-4-6-8-21)22-16-23(30(32,33)34)18-24(17-22)31(35,36)37/h4-8,16-18,20,25,27H,9-15,19H2,1-3H3,(H2,38,43)/t25-,27?/m1/s1. The number of carbonyl (C=O) groups excluding carboxylic acids is 2. The van der Waals surface area contributed by atoms with E-state index in [1.165, 1.54) is 0 Å². The molecule has 2 fully saturated rings. The number of nitrogens with zero attached hydrogens (tertiary/aromatic N) is 3. The summed E-state index contributed by atoms with van der Waals surface area (Å²) in [6.45, 7) is 7.67. The Morgan fingerprint density at radius 1 is 0.837 bits per heavy atom. The lowest BCUT2D eigenvalue weighted by Gasteiger charge is -2.50. The number of hydrogen-bond donors (Lipinski definition) is 1. The summed E-state index contributed by atoms with van der Waals surface area (Å²) in [5, 5.41) is 0. The summed E-state index contributed by atoms with van der Waals surface area (Å²) in [6.07, 6.45) is -8.33. The fourth-order valence-corrected chi connectivity index (χ4v) is 6.19. The van der Waals surface area contributed by atoms with Crippen molar-refractivity contribution >= 4 is 11.9 Å². The van der Waals surface area contributed by atoms with E-state index in [4.69, 9.17) is 5.73 Å². The van der Waals surface area contributed by atoms with Crippen molar-refractivity contribution in [2.75, 3.05) is 32.7 Å². The van der Waals surface area contributed by atoms with Crippen LogP contribution in [0.5, 0.6) is 0 Å². The molecule has 2 aromatic rings. The molecule has 12 heteroatoms. The lowest BCUT2D eigenvalue weighted by atomic mass is 9.82. The Balaban J connectivity index is 1.65. The van der Waals surface area contributed by atoms with Gasteiger partial charge in [-0.1, -0.05) is 51.1 Å². The molecule has 0 aliphatic carbocycles. The lowest BCUT2D eigenvalue weighted by molar-refractivity contribution is -0.144. The molecule has 4 rings (SSSR count). The van der Waals surface area contributed by atoms with Crippen molar-refractivity contribution in [2.24, 2.45) is 17.1 Å². The molecule has 0 saturated carbocycles. The van der Waals surface area contributed by atoms with Crippen molar-refractivity contribution in [3.63, 3.8) is 0 Å². The molecule has 2 heterocycles. The van der Waals surface area contributed by atoms with Crippen LogP contribution in [-0.2, 0) is 17.1 Å². The number of benzene rings is 2. The normalized spacial score (nSPS) is 20.3. The van der Waals surface area contributed by atoms with E-state index in [-0.39, 0.29) is 49.1 Å². The molecule has 2 N–H and O–H groups in total. The molecule has 0 aromatic heterocycles. The Hall–Kier alpha value is -3.28. The van der Waals surface area contributed by atoms with E-state index in [2.05, 4.69) is 0 Å². The average molecular weight is 613 g/mol. The van der Waals surface area contributed by atoms with Crippen LogP contribution in [0.1, 0.15) is 68.3 Å². The number of nitrogens with two attached hydrogens (primary N) is 1. The second-order valence-electron chi connectivity index (χ2n) is 12.6. The highest BCUT2D eigenvalue weighted by Gasteiger charge is 2.42. The topological polar surface area (TPSA) is 69.9 Å². The van der Waals surface area contributed by atoms with E-state index in [9.17, 15) is 35.9 Å². The van der Waals surface area contributed by atoms with Gasteiger partial charge in [0.1, 0.15) is 0 Å². The number of piperidine rings is 1. The average Bonchev–Trinajstić information content (AvgIpc) is 2.92. The zero-order valence-electron chi connectivity index (χ0n) is 24.5. The predicted molar refractivity (Wildman–Crippen MR) is 150 cm³/mol. The largest absolute Gasteiger partial charge is 0.416 e. The highest BCUT2D eigenvalue weighted by Crippen LogP contribution is 2.41. The van der Waals surface area contributed by atoms with Gasteiger partial charge >= 0.3 is 18.4 Å². The van der Waals surface area contributed by atoms with Crippen LogP contribution in [-0.4, -0.2) is 65.4 Å². The number of urea groups is 1.